The van der Waals surface area contributed by atoms with Crippen molar-refractivity contribution >= 4 is 52.9 Å². The number of ether oxygens (including phenoxy) is 2. The van der Waals surface area contributed by atoms with Crippen LogP contribution in [0.1, 0.15) is 18.9 Å². The highest BCUT2D eigenvalue weighted by Gasteiger charge is 2.12. The summed E-state index contributed by atoms with van der Waals surface area (Å²) >= 11 is 11.9. The van der Waals surface area contributed by atoms with E-state index in [9.17, 15) is 14.4 Å². The first-order valence-corrected chi connectivity index (χ1v) is 9.59. The molecule has 2 N–H and O–H groups in total. The van der Waals surface area contributed by atoms with E-state index in [4.69, 9.17) is 32.7 Å². The predicted molar refractivity (Wildman–Crippen MR) is 114 cm³/mol. The van der Waals surface area contributed by atoms with Crippen LogP contribution < -0.4 is 15.5 Å². The number of benzene rings is 2. The van der Waals surface area contributed by atoms with Gasteiger partial charge < -0.3 is 14.8 Å². The van der Waals surface area contributed by atoms with E-state index in [0.29, 0.717) is 28.6 Å². The Bertz CT molecular complexity index is 933. The number of nitrogens with one attached hydrogen (secondary N) is 2. The molecule has 0 saturated carbocycles. The lowest BCUT2D eigenvalue weighted by molar-refractivity contribution is -0.145. The summed E-state index contributed by atoms with van der Waals surface area (Å²) < 4.78 is 10.0. The largest absolute Gasteiger partial charge is 0.482 e. The van der Waals surface area contributed by atoms with Gasteiger partial charge in [0.1, 0.15) is 12.2 Å². The van der Waals surface area contributed by atoms with Crippen molar-refractivity contribution in [3.63, 3.8) is 0 Å². The van der Waals surface area contributed by atoms with Crippen LogP contribution in [-0.2, 0) is 19.1 Å². The van der Waals surface area contributed by atoms with Crippen molar-refractivity contribution in [3.05, 3.63) is 58.1 Å². The van der Waals surface area contributed by atoms with Crippen molar-refractivity contribution < 1.29 is 23.9 Å². The quantitative estimate of drug-likeness (QED) is 0.263. The van der Waals surface area contributed by atoms with E-state index in [2.05, 4.69) is 15.8 Å². The van der Waals surface area contributed by atoms with Crippen molar-refractivity contribution in [1.82, 2.24) is 5.43 Å². The number of hydrogen-bond donors (Lipinski definition) is 2. The molecule has 0 fully saturated rings. The Balaban J connectivity index is 1.77. The van der Waals surface area contributed by atoms with Crippen LogP contribution in [0.15, 0.2) is 47.6 Å². The van der Waals surface area contributed by atoms with E-state index in [1.165, 1.54) is 6.21 Å². The van der Waals surface area contributed by atoms with Gasteiger partial charge in [-0.15, -0.1) is 0 Å². The number of hydrazone groups is 1. The summed E-state index contributed by atoms with van der Waals surface area (Å²) in [6, 6.07) is 11.4. The summed E-state index contributed by atoms with van der Waals surface area (Å²) in [6.07, 6.45) is 0.958. The standard InChI is InChI=1S/C20H19Cl2N3O5/c1-2-29-19(28)12-30-14-8-6-13(7-9-14)11-23-25-18(27)10-17(26)24-16-5-3-4-15(21)20(16)22/h3-9,11H,2,10,12H2,1H3,(H,24,26)(H,25,27). The summed E-state index contributed by atoms with van der Waals surface area (Å²) in [5.74, 6) is -1.13. The zero-order valence-electron chi connectivity index (χ0n) is 16.0. The lowest BCUT2D eigenvalue weighted by atomic mass is 10.2. The van der Waals surface area contributed by atoms with E-state index < -0.39 is 24.2 Å². The van der Waals surface area contributed by atoms with Gasteiger partial charge in [0.05, 0.1) is 28.6 Å². The first-order chi connectivity index (χ1) is 14.4. The number of carbonyl (C=O) groups is 3. The molecule has 2 rings (SSSR count). The van der Waals surface area contributed by atoms with Crippen molar-refractivity contribution in [1.29, 1.82) is 0 Å². The van der Waals surface area contributed by atoms with E-state index in [-0.39, 0.29) is 11.6 Å². The van der Waals surface area contributed by atoms with Gasteiger partial charge in [-0.2, -0.15) is 5.10 Å². The molecular weight excluding hydrogens is 433 g/mol. The fourth-order valence-electron chi connectivity index (χ4n) is 2.15. The Morgan fingerprint density at radius 1 is 1.07 bits per heavy atom. The van der Waals surface area contributed by atoms with Gasteiger partial charge in [0.2, 0.25) is 11.8 Å². The van der Waals surface area contributed by atoms with Gasteiger partial charge in [-0.05, 0) is 48.9 Å². The molecule has 10 heteroatoms. The molecule has 2 aromatic carbocycles. The molecule has 8 nitrogen and oxygen atoms in total. The van der Waals surface area contributed by atoms with E-state index in [0.717, 1.165) is 0 Å². The monoisotopic (exact) mass is 451 g/mol. The first kappa shape index (κ1) is 23.2. The highest BCUT2D eigenvalue weighted by Crippen LogP contribution is 2.29. The summed E-state index contributed by atoms with van der Waals surface area (Å²) in [6.45, 7) is 1.82. The van der Waals surface area contributed by atoms with Crippen LogP contribution in [0, 0.1) is 0 Å². The molecule has 0 saturated heterocycles. The fraction of sp³-hybridized carbons (Fsp3) is 0.200. The smallest absolute Gasteiger partial charge is 0.344 e. The molecule has 0 spiro atoms. The average molecular weight is 452 g/mol. The second-order valence-electron chi connectivity index (χ2n) is 5.78. The first-order valence-electron chi connectivity index (χ1n) is 8.83. The fourth-order valence-corrected chi connectivity index (χ4v) is 2.50. The molecule has 0 aromatic heterocycles. The molecule has 0 aliphatic carbocycles. The number of anilines is 1. The van der Waals surface area contributed by atoms with Gasteiger partial charge in [-0.3, -0.25) is 9.59 Å². The maximum absolute atomic E-state index is 11.9. The Morgan fingerprint density at radius 3 is 2.50 bits per heavy atom. The number of carbonyl (C=O) groups excluding carboxylic acids is 3. The molecule has 0 atom stereocenters. The number of nitrogens with zero attached hydrogens (tertiary/aromatic N) is 1. The minimum Gasteiger partial charge on any atom is -0.482 e. The van der Waals surface area contributed by atoms with E-state index in [1.54, 1.807) is 49.4 Å². The second-order valence-corrected chi connectivity index (χ2v) is 6.57. The number of rotatable bonds is 9. The molecule has 2 aromatic rings. The van der Waals surface area contributed by atoms with Gasteiger partial charge >= 0.3 is 5.97 Å². The van der Waals surface area contributed by atoms with Crippen LogP contribution in [-0.4, -0.2) is 37.2 Å². The van der Waals surface area contributed by atoms with E-state index >= 15 is 0 Å². The Morgan fingerprint density at radius 2 is 1.80 bits per heavy atom. The van der Waals surface area contributed by atoms with Crippen molar-refractivity contribution in [2.24, 2.45) is 5.10 Å². The Hall–Kier alpha value is -3.10. The summed E-state index contributed by atoms with van der Waals surface area (Å²) in [7, 11) is 0. The summed E-state index contributed by atoms with van der Waals surface area (Å²) in [5, 5.41) is 6.79. The van der Waals surface area contributed by atoms with Crippen LogP contribution in [0.25, 0.3) is 0 Å². The number of amides is 2. The van der Waals surface area contributed by atoms with Crippen molar-refractivity contribution in [2.75, 3.05) is 18.5 Å². The van der Waals surface area contributed by atoms with Crippen LogP contribution in [0.2, 0.25) is 10.0 Å². The zero-order chi connectivity index (χ0) is 21.9. The van der Waals surface area contributed by atoms with Gasteiger partial charge in [0.15, 0.2) is 6.61 Å². The summed E-state index contributed by atoms with van der Waals surface area (Å²) in [4.78, 5) is 35.0. The lowest BCUT2D eigenvalue weighted by Gasteiger charge is -2.07. The molecule has 158 valence electrons. The molecule has 0 radical (unpaired) electrons. The number of esters is 1. The molecule has 0 aliphatic rings. The molecular formula is C20H19Cl2N3O5. The minimum absolute atomic E-state index is 0.181. The molecule has 2 amide bonds. The maximum atomic E-state index is 11.9. The maximum Gasteiger partial charge on any atom is 0.344 e. The SMILES string of the molecule is CCOC(=O)COc1ccc(C=NNC(=O)CC(=O)Nc2cccc(Cl)c2Cl)cc1. The number of halogens is 2. The second kappa shape index (κ2) is 11.8. The normalized spacial score (nSPS) is 10.5. The molecule has 0 aliphatic heterocycles. The zero-order valence-corrected chi connectivity index (χ0v) is 17.5. The van der Waals surface area contributed by atoms with Gasteiger partial charge in [0, 0.05) is 0 Å². The van der Waals surface area contributed by atoms with Gasteiger partial charge in [-0.1, -0.05) is 29.3 Å². The highest BCUT2D eigenvalue weighted by atomic mass is 35.5. The van der Waals surface area contributed by atoms with Crippen molar-refractivity contribution in [2.45, 2.75) is 13.3 Å². The average Bonchev–Trinajstić information content (AvgIpc) is 2.71. The lowest BCUT2D eigenvalue weighted by Crippen LogP contribution is -2.24. The third kappa shape index (κ3) is 7.73. The van der Waals surface area contributed by atoms with Crippen LogP contribution in [0.5, 0.6) is 5.75 Å². The molecule has 0 bridgehead atoms. The Kier molecular flexibility index (Phi) is 9.11. The number of hydrogen-bond acceptors (Lipinski definition) is 6. The van der Waals surface area contributed by atoms with Crippen LogP contribution >= 0.6 is 23.2 Å². The third-order valence-corrected chi connectivity index (χ3v) is 4.31. The predicted octanol–water partition coefficient (Wildman–Crippen LogP) is 3.41. The molecule has 0 unspecified atom stereocenters. The highest BCUT2D eigenvalue weighted by molar-refractivity contribution is 6.44. The van der Waals surface area contributed by atoms with Gasteiger partial charge in [0.25, 0.3) is 0 Å². The van der Waals surface area contributed by atoms with Crippen molar-refractivity contribution in [3.8, 4) is 5.75 Å². The Labute approximate surface area is 183 Å². The minimum atomic E-state index is -0.601. The van der Waals surface area contributed by atoms with Crippen LogP contribution in [0.4, 0.5) is 5.69 Å². The van der Waals surface area contributed by atoms with E-state index in [1.807, 2.05) is 0 Å². The molecule has 30 heavy (non-hydrogen) atoms. The summed E-state index contributed by atoms with van der Waals surface area (Å²) in [5.41, 5.74) is 3.25. The van der Waals surface area contributed by atoms with Gasteiger partial charge in [-0.25, -0.2) is 10.2 Å². The topological polar surface area (TPSA) is 106 Å². The van der Waals surface area contributed by atoms with Crippen LogP contribution in [0.3, 0.4) is 0 Å². The third-order valence-electron chi connectivity index (χ3n) is 3.49. The molecule has 0 heterocycles.